The van der Waals surface area contributed by atoms with Crippen LogP contribution in [-0.2, 0) is 6.42 Å². The average Bonchev–Trinajstić information content (AvgIpc) is 3.32. The summed E-state index contributed by atoms with van der Waals surface area (Å²) in [6.07, 6.45) is 3.13. The van der Waals surface area contributed by atoms with E-state index in [2.05, 4.69) is 92.8 Å². The maximum atomic E-state index is 4.89. The van der Waals surface area contributed by atoms with E-state index in [9.17, 15) is 0 Å². The van der Waals surface area contributed by atoms with Crippen LogP contribution in [0.2, 0.25) is 0 Å². The molecule has 0 spiro atoms. The van der Waals surface area contributed by atoms with Crippen LogP contribution in [0.4, 0.5) is 0 Å². The fourth-order valence-corrected chi connectivity index (χ4v) is 4.69. The van der Waals surface area contributed by atoms with E-state index in [1.54, 1.807) is 0 Å². The van der Waals surface area contributed by atoms with Gasteiger partial charge in [-0.25, -0.2) is 4.98 Å². The fourth-order valence-electron chi connectivity index (χ4n) is 4.69. The Hall–Kier alpha value is -3.13. The molecule has 0 fully saturated rings. The van der Waals surface area contributed by atoms with Gasteiger partial charge in [0.25, 0.3) is 0 Å². The summed E-state index contributed by atoms with van der Waals surface area (Å²) in [5, 5.41) is 3.79. The van der Waals surface area contributed by atoms with Crippen LogP contribution in [0.3, 0.4) is 0 Å². The third-order valence-electron chi connectivity index (χ3n) is 5.90. The molecule has 0 amide bonds. The largest absolute Gasteiger partial charge is 0.292 e. The summed E-state index contributed by atoms with van der Waals surface area (Å²) < 4.78 is 2.35. The summed E-state index contributed by atoms with van der Waals surface area (Å²) in [6, 6.07) is 22.1. The van der Waals surface area contributed by atoms with Crippen molar-refractivity contribution in [3.05, 3.63) is 83.6 Å². The zero-order valence-corrected chi connectivity index (χ0v) is 23.5. The van der Waals surface area contributed by atoms with Crippen LogP contribution < -0.4 is 0 Å². The Bertz CT molecular complexity index is 1350. The Morgan fingerprint density at radius 1 is 0.714 bits per heavy atom. The minimum atomic E-state index is 0.640. The molecule has 186 valence electrons. The van der Waals surface area contributed by atoms with Gasteiger partial charge in [-0.1, -0.05) is 104 Å². The van der Waals surface area contributed by atoms with Gasteiger partial charge in [0.2, 0.25) is 0 Å². The Kier molecular flexibility index (Phi) is 10.5. The van der Waals surface area contributed by atoms with Crippen molar-refractivity contribution in [1.29, 1.82) is 0 Å². The number of benzene rings is 3. The highest BCUT2D eigenvalue weighted by Crippen LogP contribution is 2.35. The molecule has 5 aromatic rings. The van der Waals surface area contributed by atoms with Crippen LogP contribution in [0.1, 0.15) is 72.1 Å². The summed E-state index contributed by atoms with van der Waals surface area (Å²) in [6.45, 7) is 20.9. The normalized spacial score (nSPS) is 10.4. The minimum absolute atomic E-state index is 0.640. The Balaban J connectivity index is 0.000000671. The number of rotatable bonds is 3. The molecule has 35 heavy (non-hydrogen) atoms. The summed E-state index contributed by atoms with van der Waals surface area (Å²) in [7, 11) is 0. The minimum Gasteiger partial charge on any atom is -0.292 e. The first-order valence-corrected chi connectivity index (χ1v) is 13.4. The summed E-state index contributed by atoms with van der Waals surface area (Å²) >= 11 is 0. The number of pyridine rings is 1. The number of hydrogen-bond acceptors (Lipinski definition) is 1. The molecule has 2 nitrogen and oxygen atoms in total. The number of fused-ring (bicyclic) bond motifs is 6. The van der Waals surface area contributed by atoms with Crippen molar-refractivity contribution >= 4 is 27.3 Å². The third-order valence-corrected chi connectivity index (χ3v) is 5.90. The van der Waals surface area contributed by atoms with Crippen molar-refractivity contribution < 1.29 is 0 Å². The van der Waals surface area contributed by atoms with Gasteiger partial charge in [-0.3, -0.25) is 4.40 Å². The molecule has 0 atom stereocenters. The van der Waals surface area contributed by atoms with Gasteiger partial charge in [0.05, 0.1) is 17.4 Å². The zero-order valence-electron chi connectivity index (χ0n) is 23.5. The molecule has 0 saturated heterocycles. The molecule has 0 N–H and O–H groups in total. The van der Waals surface area contributed by atoms with Gasteiger partial charge in [-0.15, -0.1) is 0 Å². The molecule has 3 aromatic carbocycles. The molecule has 0 aliphatic heterocycles. The van der Waals surface area contributed by atoms with Crippen LogP contribution in [0, 0.1) is 19.8 Å². The lowest BCUT2D eigenvalue weighted by molar-refractivity contribution is 0.648. The lowest BCUT2D eigenvalue weighted by Crippen LogP contribution is -1.98. The van der Waals surface area contributed by atoms with E-state index in [0.29, 0.717) is 5.92 Å². The topological polar surface area (TPSA) is 17.3 Å². The third kappa shape index (κ3) is 5.59. The SMILES string of the molecule is CC.CC.CC.Cc1cccc(C)c1-c1cnc2c3ccccc3c3cc(CC(C)C)ccc3n12. The molecule has 0 aliphatic rings. The second-order valence-corrected chi connectivity index (χ2v) is 8.56. The predicted molar refractivity (Wildman–Crippen MR) is 158 cm³/mol. The van der Waals surface area contributed by atoms with E-state index >= 15 is 0 Å². The Labute approximate surface area is 213 Å². The van der Waals surface area contributed by atoms with E-state index < -0.39 is 0 Å². The molecule has 2 heterocycles. The van der Waals surface area contributed by atoms with Gasteiger partial charge in [0.15, 0.2) is 0 Å². The highest BCUT2D eigenvalue weighted by atomic mass is 15.0. The maximum absolute atomic E-state index is 4.89. The first-order valence-electron chi connectivity index (χ1n) is 13.4. The fraction of sp³-hybridized carbons (Fsp3) is 0.364. The molecule has 0 unspecified atom stereocenters. The summed E-state index contributed by atoms with van der Waals surface area (Å²) in [5.41, 5.74) is 8.66. The zero-order chi connectivity index (χ0) is 26.1. The van der Waals surface area contributed by atoms with Crippen molar-refractivity contribution in [3.63, 3.8) is 0 Å². The smallest absolute Gasteiger partial charge is 0.145 e. The van der Waals surface area contributed by atoms with Crippen molar-refractivity contribution in [2.24, 2.45) is 5.92 Å². The second-order valence-electron chi connectivity index (χ2n) is 8.56. The Morgan fingerprint density at radius 2 is 1.31 bits per heavy atom. The van der Waals surface area contributed by atoms with Crippen LogP contribution in [-0.4, -0.2) is 9.38 Å². The quantitative estimate of drug-likeness (QED) is 0.241. The van der Waals surface area contributed by atoms with Crippen LogP contribution in [0.25, 0.3) is 38.6 Å². The summed E-state index contributed by atoms with van der Waals surface area (Å²) in [5.74, 6) is 0.640. The molecule has 2 aromatic heterocycles. The highest BCUT2D eigenvalue weighted by Gasteiger charge is 2.16. The monoisotopic (exact) mass is 468 g/mol. The van der Waals surface area contributed by atoms with Crippen molar-refractivity contribution in [3.8, 4) is 11.3 Å². The Morgan fingerprint density at radius 3 is 1.91 bits per heavy atom. The second kappa shape index (κ2) is 13.1. The first-order chi connectivity index (χ1) is 17.0. The number of aromatic nitrogens is 2. The van der Waals surface area contributed by atoms with E-state index in [-0.39, 0.29) is 0 Å². The standard InChI is InChI=1S/C27H26N2.3C2H6/c1-17(2)14-20-12-13-24-23(15-20)21-10-5-6-11-22(21)27-28-16-25(29(24)27)26-18(3)8-7-9-19(26)4;3*1-2/h5-13,15-17H,14H2,1-4H3;3*1-2H3. The molecule has 0 saturated carbocycles. The van der Waals surface area contributed by atoms with E-state index in [1.165, 1.54) is 49.6 Å². The van der Waals surface area contributed by atoms with Gasteiger partial charge in [-0.05, 0) is 60.4 Å². The van der Waals surface area contributed by atoms with Crippen LogP contribution in [0.15, 0.2) is 66.9 Å². The molecule has 5 rings (SSSR count). The van der Waals surface area contributed by atoms with Crippen molar-refractivity contribution in [1.82, 2.24) is 9.38 Å². The molecule has 0 radical (unpaired) electrons. The predicted octanol–water partition coefficient (Wildman–Crippen LogP) is 10.2. The summed E-state index contributed by atoms with van der Waals surface area (Å²) in [4.78, 5) is 4.89. The molecule has 0 aliphatic carbocycles. The molecule has 0 bridgehead atoms. The van der Waals surface area contributed by atoms with E-state index in [0.717, 1.165) is 12.1 Å². The number of nitrogens with zero attached hydrogens (tertiary/aromatic N) is 2. The highest BCUT2D eigenvalue weighted by molar-refractivity contribution is 6.12. The van der Waals surface area contributed by atoms with E-state index in [4.69, 9.17) is 4.98 Å². The van der Waals surface area contributed by atoms with Gasteiger partial charge in [-0.2, -0.15) is 0 Å². The van der Waals surface area contributed by atoms with Crippen molar-refractivity contribution in [2.75, 3.05) is 0 Å². The van der Waals surface area contributed by atoms with Crippen LogP contribution >= 0.6 is 0 Å². The van der Waals surface area contributed by atoms with Gasteiger partial charge in [0.1, 0.15) is 5.65 Å². The maximum Gasteiger partial charge on any atom is 0.145 e. The van der Waals surface area contributed by atoms with Gasteiger partial charge < -0.3 is 0 Å². The van der Waals surface area contributed by atoms with Gasteiger partial charge in [0, 0.05) is 16.3 Å². The number of imidazole rings is 1. The number of hydrogen-bond donors (Lipinski definition) is 0. The lowest BCUT2D eigenvalue weighted by atomic mass is 9.97. The lowest BCUT2D eigenvalue weighted by Gasteiger charge is -2.15. The van der Waals surface area contributed by atoms with Crippen molar-refractivity contribution in [2.45, 2.75) is 75.7 Å². The molecular formula is C33H44N2. The first kappa shape index (κ1) is 28.1. The molecule has 2 heteroatoms. The van der Waals surface area contributed by atoms with Gasteiger partial charge >= 0.3 is 0 Å². The van der Waals surface area contributed by atoms with Crippen LogP contribution in [0.5, 0.6) is 0 Å². The van der Waals surface area contributed by atoms with E-state index in [1.807, 2.05) is 47.7 Å². The molecular weight excluding hydrogens is 424 g/mol. The number of aryl methyl sites for hydroxylation is 2. The average molecular weight is 469 g/mol.